The minimum Gasteiger partial charge on any atom is -0.456 e. The Labute approximate surface area is 95.6 Å². The summed E-state index contributed by atoms with van der Waals surface area (Å²) in [5, 5.41) is 0. The van der Waals surface area contributed by atoms with Gasteiger partial charge in [-0.25, -0.2) is 4.79 Å². The molecule has 4 nitrogen and oxygen atoms in total. The largest absolute Gasteiger partial charge is 0.456 e. The summed E-state index contributed by atoms with van der Waals surface area (Å²) in [4.78, 5) is 11.8. The lowest BCUT2D eigenvalue weighted by Gasteiger charge is -2.20. The van der Waals surface area contributed by atoms with Gasteiger partial charge in [0.05, 0.1) is 16.9 Å². The number of carbonyl (C=O) groups is 1. The maximum Gasteiger partial charge on any atom is 0.340 e. The summed E-state index contributed by atoms with van der Waals surface area (Å²) in [6, 6.07) is 3.39. The Morgan fingerprint density at radius 3 is 2.25 bits per heavy atom. The topological polar surface area (TPSA) is 78.3 Å². The van der Waals surface area contributed by atoms with Crippen LogP contribution in [0.1, 0.15) is 36.7 Å². The van der Waals surface area contributed by atoms with Crippen LogP contribution < -0.4 is 11.5 Å². The molecule has 0 aromatic heterocycles. The molecule has 16 heavy (non-hydrogen) atoms. The molecule has 0 saturated carbocycles. The van der Waals surface area contributed by atoms with Crippen molar-refractivity contribution in [2.45, 2.75) is 33.3 Å². The average molecular weight is 222 g/mol. The number of nitrogens with two attached hydrogens (primary N) is 2. The third-order valence-corrected chi connectivity index (χ3v) is 2.12. The first-order valence-electron chi connectivity index (χ1n) is 5.10. The first-order chi connectivity index (χ1) is 7.22. The number of carbonyl (C=O) groups excluding carboxylic acids is 1. The lowest BCUT2D eigenvalue weighted by atomic mass is 10.1. The van der Waals surface area contributed by atoms with Gasteiger partial charge in [-0.3, -0.25) is 0 Å². The van der Waals surface area contributed by atoms with E-state index in [0.29, 0.717) is 11.3 Å². The van der Waals surface area contributed by atoms with Gasteiger partial charge in [0.1, 0.15) is 5.60 Å². The summed E-state index contributed by atoms with van der Waals surface area (Å²) in [7, 11) is 0. The Morgan fingerprint density at radius 1 is 1.19 bits per heavy atom. The minimum atomic E-state index is -0.539. The van der Waals surface area contributed by atoms with Crippen LogP contribution in [-0.2, 0) is 4.74 Å². The van der Waals surface area contributed by atoms with Gasteiger partial charge in [-0.1, -0.05) is 6.07 Å². The number of rotatable bonds is 1. The number of benzene rings is 1. The fourth-order valence-electron chi connectivity index (χ4n) is 1.26. The Balaban J connectivity index is 3.06. The SMILES string of the molecule is Cc1ccc(C(=O)OC(C)(C)C)c(N)c1N. The lowest BCUT2D eigenvalue weighted by Crippen LogP contribution is -2.24. The molecule has 1 aromatic carbocycles. The van der Waals surface area contributed by atoms with Gasteiger partial charge >= 0.3 is 5.97 Å². The predicted octanol–water partition coefficient (Wildman–Crippen LogP) is 2.11. The van der Waals surface area contributed by atoms with Crippen LogP contribution in [0.15, 0.2) is 12.1 Å². The van der Waals surface area contributed by atoms with Crippen LogP contribution in [0.2, 0.25) is 0 Å². The van der Waals surface area contributed by atoms with Crippen molar-refractivity contribution < 1.29 is 9.53 Å². The number of esters is 1. The Morgan fingerprint density at radius 2 is 1.75 bits per heavy atom. The molecule has 0 heterocycles. The van der Waals surface area contributed by atoms with Crippen molar-refractivity contribution in [2.75, 3.05) is 11.5 Å². The van der Waals surface area contributed by atoms with E-state index >= 15 is 0 Å². The third kappa shape index (κ3) is 2.66. The van der Waals surface area contributed by atoms with Crippen LogP contribution in [0.4, 0.5) is 11.4 Å². The summed E-state index contributed by atoms with van der Waals surface area (Å²) >= 11 is 0. The van der Waals surface area contributed by atoms with Crippen molar-refractivity contribution in [1.29, 1.82) is 0 Å². The second kappa shape index (κ2) is 4.04. The number of anilines is 2. The molecule has 0 aliphatic rings. The van der Waals surface area contributed by atoms with Gasteiger partial charge in [-0.2, -0.15) is 0 Å². The van der Waals surface area contributed by atoms with E-state index in [4.69, 9.17) is 16.2 Å². The molecule has 0 unspecified atom stereocenters. The highest BCUT2D eigenvalue weighted by Crippen LogP contribution is 2.25. The zero-order valence-electron chi connectivity index (χ0n) is 10.1. The van der Waals surface area contributed by atoms with Crippen molar-refractivity contribution in [2.24, 2.45) is 0 Å². The molecule has 1 rings (SSSR count). The molecule has 0 radical (unpaired) electrons. The van der Waals surface area contributed by atoms with Crippen LogP contribution in [0.25, 0.3) is 0 Å². The van der Waals surface area contributed by atoms with Crippen molar-refractivity contribution >= 4 is 17.3 Å². The van der Waals surface area contributed by atoms with Gasteiger partial charge in [0.25, 0.3) is 0 Å². The van der Waals surface area contributed by atoms with Crippen LogP contribution >= 0.6 is 0 Å². The molecule has 0 aliphatic carbocycles. The van der Waals surface area contributed by atoms with Crippen LogP contribution in [-0.4, -0.2) is 11.6 Å². The molecule has 0 aliphatic heterocycles. The second-order valence-corrected chi connectivity index (χ2v) is 4.76. The highest BCUT2D eigenvalue weighted by atomic mass is 16.6. The Kier molecular flexibility index (Phi) is 3.12. The fourth-order valence-corrected chi connectivity index (χ4v) is 1.26. The summed E-state index contributed by atoms with van der Waals surface area (Å²) in [5.41, 5.74) is 12.9. The quantitative estimate of drug-likeness (QED) is 0.563. The number of aryl methyl sites for hydroxylation is 1. The molecule has 4 heteroatoms. The Hall–Kier alpha value is -1.71. The highest BCUT2D eigenvalue weighted by Gasteiger charge is 2.20. The normalized spacial score (nSPS) is 11.2. The number of hydrogen-bond donors (Lipinski definition) is 2. The van der Waals surface area contributed by atoms with E-state index in [1.807, 2.05) is 6.92 Å². The summed E-state index contributed by atoms with van der Waals surface area (Å²) in [5.74, 6) is -0.447. The molecular formula is C12H18N2O2. The zero-order valence-corrected chi connectivity index (χ0v) is 10.1. The number of hydrogen-bond acceptors (Lipinski definition) is 4. The number of ether oxygens (including phenoxy) is 1. The maximum atomic E-state index is 11.8. The van der Waals surface area contributed by atoms with E-state index in [-0.39, 0.29) is 5.69 Å². The maximum absolute atomic E-state index is 11.8. The standard InChI is InChI=1S/C12H18N2O2/c1-7-5-6-8(10(14)9(7)13)11(15)16-12(2,3)4/h5-6H,13-14H2,1-4H3. The van der Waals surface area contributed by atoms with Crippen molar-refractivity contribution in [1.82, 2.24) is 0 Å². The average Bonchev–Trinajstić information content (AvgIpc) is 2.11. The number of nitrogen functional groups attached to an aromatic ring is 2. The third-order valence-electron chi connectivity index (χ3n) is 2.12. The zero-order chi connectivity index (χ0) is 12.5. The van der Waals surface area contributed by atoms with E-state index in [9.17, 15) is 4.79 Å². The molecule has 0 amide bonds. The molecule has 0 saturated heterocycles. The molecule has 0 atom stereocenters. The minimum absolute atomic E-state index is 0.286. The summed E-state index contributed by atoms with van der Waals surface area (Å²) in [6.07, 6.45) is 0. The van der Waals surface area contributed by atoms with Crippen LogP contribution in [0.5, 0.6) is 0 Å². The Bertz CT molecular complexity index is 420. The van der Waals surface area contributed by atoms with Gasteiger partial charge in [-0.05, 0) is 39.3 Å². The fraction of sp³-hybridized carbons (Fsp3) is 0.417. The second-order valence-electron chi connectivity index (χ2n) is 4.76. The van der Waals surface area contributed by atoms with Crippen LogP contribution in [0.3, 0.4) is 0 Å². The van der Waals surface area contributed by atoms with Gasteiger partial charge < -0.3 is 16.2 Å². The van der Waals surface area contributed by atoms with E-state index < -0.39 is 11.6 Å². The molecule has 4 N–H and O–H groups in total. The van der Waals surface area contributed by atoms with E-state index in [2.05, 4.69) is 0 Å². The van der Waals surface area contributed by atoms with E-state index in [1.54, 1.807) is 32.9 Å². The van der Waals surface area contributed by atoms with Crippen molar-refractivity contribution in [3.63, 3.8) is 0 Å². The molecule has 0 fully saturated rings. The lowest BCUT2D eigenvalue weighted by molar-refractivity contribution is 0.00709. The van der Waals surface area contributed by atoms with E-state index in [0.717, 1.165) is 5.56 Å². The van der Waals surface area contributed by atoms with E-state index in [1.165, 1.54) is 0 Å². The van der Waals surface area contributed by atoms with Gasteiger partial charge in [0.15, 0.2) is 0 Å². The molecule has 0 spiro atoms. The monoisotopic (exact) mass is 222 g/mol. The van der Waals surface area contributed by atoms with Crippen molar-refractivity contribution in [3.05, 3.63) is 23.3 Å². The van der Waals surface area contributed by atoms with Crippen molar-refractivity contribution in [3.8, 4) is 0 Å². The first kappa shape index (κ1) is 12.4. The van der Waals surface area contributed by atoms with Crippen LogP contribution in [0, 0.1) is 6.92 Å². The molecule has 1 aromatic rings. The summed E-state index contributed by atoms with van der Waals surface area (Å²) in [6.45, 7) is 7.25. The predicted molar refractivity (Wildman–Crippen MR) is 65.2 cm³/mol. The van der Waals surface area contributed by atoms with Gasteiger partial charge in [0, 0.05) is 0 Å². The highest BCUT2D eigenvalue weighted by molar-refractivity contribution is 5.98. The van der Waals surface area contributed by atoms with Gasteiger partial charge in [-0.15, -0.1) is 0 Å². The summed E-state index contributed by atoms with van der Waals surface area (Å²) < 4.78 is 5.22. The van der Waals surface area contributed by atoms with Gasteiger partial charge in [0.2, 0.25) is 0 Å². The molecular weight excluding hydrogens is 204 g/mol. The first-order valence-corrected chi connectivity index (χ1v) is 5.10. The smallest absolute Gasteiger partial charge is 0.340 e. The molecule has 0 bridgehead atoms. The molecule has 88 valence electrons.